The van der Waals surface area contributed by atoms with Gasteiger partial charge in [0, 0.05) is 61.3 Å². The van der Waals surface area contributed by atoms with Gasteiger partial charge in [-0.3, -0.25) is 4.68 Å². The monoisotopic (exact) mass is 477 g/mol. The van der Waals surface area contributed by atoms with E-state index in [2.05, 4.69) is 38.2 Å². The molecule has 5 aliphatic rings. The largest absolute Gasteiger partial charge is 0.373 e. The molecule has 0 atom stereocenters. The van der Waals surface area contributed by atoms with Crippen molar-refractivity contribution < 1.29 is 4.74 Å². The molecular weight excluding hydrogens is 438 g/mol. The second kappa shape index (κ2) is 8.59. The lowest BCUT2D eigenvalue weighted by Gasteiger charge is -2.55. The molecule has 5 heterocycles. The lowest BCUT2D eigenvalue weighted by molar-refractivity contribution is -0.173. The van der Waals surface area contributed by atoms with Gasteiger partial charge in [-0.15, -0.1) is 0 Å². The summed E-state index contributed by atoms with van der Waals surface area (Å²) < 4.78 is 8.90. The van der Waals surface area contributed by atoms with Crippen LogP contribution in [0.25, 0.3) is 0 Å². The maximum absolute atomic E-state index is 8.00. The van der Waals surface area contributed by atoms with Gasteiger partial charge in [0.05, 0.1) is 35.7 Å². The zero-order valence-corrected chi connectivity index (χ0v) is 21.4. The van der Waals surface area contributed by atoms with Crippen LogP contribution in [0.15, 0.2) is 6.07 Å². The Kier molecular flexibility index (Phi) is 5.64. The molecule has 2 saturated carbocycles. The van der Waals surface area contributed by atoms with Crippen molar-refractivity contribution in [3.8, 4) is 0 Å². The first-order valence-electron chi connectivity index (χ1n) is 13.3. The van der Waals surface area contributed by atoms with E-state index in [4.69, 9.17) is 15.2 Å². The third-order valence-electron chi connectivity index (χ3n) is 9.05. The van der Waals surface area contributed by atoms with Gasteiger partial charge >= 0.3 is 0 Å². The Balaban J connectivity index is 1.20. The van der Waals surface area contributed by atoms with Crippen molar-refractivity contribution >= 4 is 17.7 Å². The zero-order valence-electron chi connectivity index (χ0n) is 21.4. The van der Waals surface area contributed by atoms with Crippen molar-refractivity contribution in [1.82, 2.24) is 20.1 Å². The average Bonchev–Trinajstić information content (AvgIpc) is 3.16. The molecule has 0 aromatic carbocycles. The fourth-order valence-electron chi connectivity index (χ4n) is 6.67. The molecule has 2 aromatic heterocycles. The van der Waals surface area contributed by atoms with Crippen LogP contribution in [-0.4, -0.2) is 58.4 Å². The van der Waals surface area contributed by atoms with E-state index in [9.17, 15) is 0 Å². The van der Waals surface area contributed by atoms with Gasteiger partial charge in [0.2, 0.25) is 0 Å². The number of hydrogen-bond acceptors (Lipinski definition) is 7. The van der Waals surface area contributed by atoms with Gasteiger partial charge in [-0.05, 0) is 58.4 Å². The number of fused-ring (bicyclic) bond motifs is 4. The quantitative estimate of drug-likeness (QED) is 0.527. The van der Waals surface area contributed by atoms with Crippen LogP contribution in [0.3, 0.4) is 0 Å². The van der Waals surface area contributed by atoms with Crippen LogP contribution >= 0.6 is 0 Å². The molecular formula is C27H39N7O. The molecule has 8 nitrogen and oxygen atoms in total. The molecule has 2 aliphatic carbocycles. The Morgan fingerprint density at radius 1 is 1.23 bits per heavy atom. The molecule has 0 spiro atoms. The van der Waals surface area contributed by atoms with Gasteiger partial charge in [-0.25, -0.2) is 4.98 Å². The van der Waals surface area contributed by atoms with Crippen LogP contribution in [0, 0.1) is 19.3 Å². The van der Waals surface area contributed by atoms with Crippen molar-refractivity contribution in [2.24, 2.45) is 0 Å². The number of aromatic nitrogens is 3. The Hall–Kier alpha value is -2.45. The van der Waals surface area contributed by atoms with Crippen molar-refractivity contribution in [3.05, 3.63) is 34.3 Å². The van der Waals surface area contributed by atoms with Crippen molar-refractivity contribution in [3.63, 3.8) is 0 Å². The van der Waals surface area contributed by atoms with Crippen LogP contribution in [0.2, 0.25) is 0 Å². The Morgan fingerprint density at radius 2 is 2.03 bits per heavy atom. The van der Waals surface area contributed by atoms with E-state index in [1.54, 1.807) is 0 Å². The van der Waals surface area contributed by atoms with Gasteiger partial charge in [0.1, 0.15) is 5.82 Å². The molecule has 7 rings (SSSR count). The number of nitrogens with one attached hydrogen (secondary N) is 3. The van der Waals surface area contributed by atoms with Gasteiger partial charge in [-0.2, -0.15) is 5.10 Å². The summed E-state index contributed by atoms with van der Waals surface area (Å²) in [6.45, 7) is 7.60. The first-order chi connectivity index (χ1) is 16.9. The van der Waals surface area contributed by atoms with E-state index >= 15 is 0 Å². The van der Waals surface area contributed by atoms with Crippen molar-refractivity contribution in [1.29, 1.82) is 5.41 Å². The minimum atomic E-state index is -0.0658. The predicted octanol–water partition coefficient (Wildman–Crippen LogP) is 3.72. The molecule has 3 aliphatic heterocycles. The lowest BCUT2D eigenvalue weighted by atomic mass is 9.70. The fourth-order valence-corrected chi connectivity index (χ4v) is 6.67. The van der Waals surface area contributed by atoms with Gasteiger partial charge < -0.3 is 25.7 Å². The van der Waals surface area contributed by atoms with E-state index in [0.717, 1.165) is 80.0 Å². The second-order valence-corrected chi connectivity index (χ2v) is 11.3. The highest BCUT2D eigenvalue weighted by Gasteiger charge is 2.51. The third-order valence-corrected chi connectivity index (χ3v) is 9.05. The van der Waals surface area contributed by atoms with Crippen LogP contribution < -0.4 is 15.5 Å². The smallest absolute Gasteiger partial charge is 0.136 e. The van der Waals surface area contributed by atoms with Crippen LogP contribution in [0.5, 0.6) is 0 Å². The van der Waals surface area contributed by atoms with Crippen LogP contribution in [-0.2, 0) is 24.2 Å². The molecule has 2 bridgehead atoms. The maximum atomic E-state index is 8.00. The number of hydrogen-bond donors (Lipinski definition) is 3. The van der Waals surface area contributed by atoms with Crippen molar-refractivity contribution in [2.75, 3.05) is 30.4 Å². The maximum Gasteiger partial charge on any atom is 0.136 e. The molecule has 35 heavy (non-hydrogen) atoms. The van der Waals surface area contributed by atoms with E-state index in [1.165, 1.54) is 49.6 Å². The van der Waals surface area contributed by atoms with Crippen molar-refractivity contribution in [2.45, 2.75) is 95.5 Å². The molecule has 8 heteroatoms. The van der Waals surface area contributed by atoms with E-state index in [0.29, 0.717) is 0 Å². The number of nitrogens with zero attached hydrogens (tertiary/aromatic N) is 4. The molecule has 2 aromatic rings. The topological polar surface area (TPSA) is 91.1 Å². The number of rotatable bonds is 7. The number of anilines is 2. The van der Waals surface area contributed by atoms with Gasteiger partial charge in [0.15, 0.2) is 0 Å². The van der Waals surface area contributed by atoms with Crippen LogP contribution in [0.4, 0.5) is 11.5 Å². The molecule has 0 amide bonds. The lowest BCUT2D eigenvalue weighted by Crippen LogP contribution is -2.65. The normalized spacial score (nSPS) is 28.0. The number of aryl methyl sites for hydroxylation is 2. The highest BCUT2D eigenvalue weighted by molar-refractivity contribution is 5.92. The average molecular weight is 478 g/mol. The summed E-state index contributed by atoms with van der Waals surface area (Å²) in [6, 6.07) is 2.82. The van der Waals surface area contributed by atoms with Gasteiger partial charge in [0.25, 0.3) is 0 Å². The fraction of sp³-hybridized carbons (Fsp3) is 0.667. The van der Waals surface area contributed by atoms with Crippen LogP contribution in [0.1, 0.15) is 73.2 Å². The summed E-state index contributed by atoms with van der Waals surface area (Å²) in [5.41, 5.74) is 6.84. The van der Waals surface area contributed by atoms with E-state index < -0.39 is 0 Å². The standard InChI is InChI=1S/C27H39N7O/c1-18-13-24(21(14-28)25(29-3)30-18)33-12-7-23-22(15-33)19(2)32-34(23)16-27-10-8-26(9-11-27,17-35-27)31-20-5-4-6-20/h13-14,20,28,31H,4-12,15-17H2,1-3H3,(H,29,30). The predicted molar refractivity (Wildman–Crippen MR) is 139 cm³/mol. The van der Waals surface area contributed by atoms with E-state index in [1.807, 2.05) is 14.0 Å². The Bertz CT molecular complexity index is 1110. The zero-order chi connectivity index (χ0) is 24.2. The summed E-state index contributed by atoms with van der Waals surface area (Å²) in [6.07, 6.45) is 11.1. The third kappa shape index (κ3) is 3.95. The molecule has 188 valence electrons. The first-order valence-corrected chi connectivity index (χ1v) is 13.3. The Labute approximate surface area is 208 Å². The molecule has 0 radical (unpaired) electrons. The summed E-state index contributed by atoms with van der Waals surface area (Å²) in [5.74, 6) is 0.766. The minimum Gasteiger partial charge on any atom is -0.373 e. The summed E-state index contributed by atoms with van der Waals surface area (Å²) >= 11 is 0. The van der Waals surface area contributed by atoms with Gasteiger partial charge in [-0.1, -0.05) is 6.42 Å². The summed E-state index contributed by atoms with van der Waals surface area (Å²) in [4.78, 5) is 6.96. The molecule has 3 N–H and O–H groups in total. The molecule has 0 unspecified atom stereocenters. The number of pyridine rings is 1. The highest BCUT2D eigenvalue weighted by atomic mass is 16.5. The molecule has 2 saturated heterocycles. The first kappa shape index (κ1) is 23.0. The highest BCUT2D eigenvalue weighted by Crippen LogP contribution is 2.46. The summed E-state index contributed by atoms with van der Waals surface area (Å²) in [5, 5.41) is 20.1. The Morgan fingerprint density at radius 3 is 2.66 bits per heavy atom. The SMILES string of the molecule is CNc1nc(C)cc(N2CCc3c(c(C)nn3CC34CCC(NC5CCC5)(CC3)CO4)C2)c1C=N. The van der Waals surface area contributed by atoms with E-state index in [-0.39, 0.29) is 11.1 Å². The molecule has 4 fully saturated rings. The minimum absolute atomic E-state index is 0.0658. The second-order valence-electron chi connectivity index (χ2n) is 11.3. The summed E-state index contributed by atoms with van der Waals surface area (Å²) in [7, 11) is 1.87. The number of ether oxygens (including phenoxy) is 1.